The standard InChI is InChI=1S/C12H19N5O/c1-10(13)8-12(18)17-6-4-16(5-7-17)11-9-14-2-3-15-11/h2-3,9-10H,4-8,13H2,1H3. The van der Waals surface area contributed by atoms with Gasteiger partial charge < -0.3 is 15.5 Å². The summed E-state index contributed by atoms with van der Waals surface area (Å²) in [5.41, 5.74) is 5.64. The van der Waals surface area contributed by atoms with E-state index in [1.54, 1.807) is 18.6 Å². The smallest absolute Gasteiger partial charge is 0.224 e. The molecule has 0 spiro atoms. The molecule has 0 saturated carbocycles. The number of aromatic nitrogens is 2. The van der Waals surface area contributed by atoms with E-state index in [-0.39, 0.29) is 11.9 Å². The zero-order valence-corrected chi connectivity index (χ0v) is 10.6. The SMILES string of the molecule is CC(N)CC(=O)N1CCN(c2cnccn2)CC1. The van der Waals surface area contributed by atoms with Gasteiger partial charge in [0.25, 0.3) is 0 Å². The van der Waals surface area contributed by atoms with Gasteiger partial charge in [0.2, 0.25) is 5.91 Å². The zero-order valence-electron chi connectivity index (χ0n) is 10.6. The molecule has 1 atom stereocenters. The Bertz CT molecular complexity index is 387. The van der Waals surface area contributed by atoms with Gasteiger partial charge in [-0.2, -0.15) is 0 Å². The quantitative estimate of drug-likeness (QED) is 0.807. The first-order valence-corrected chi connectivity index (χ1v) is 6.21. The van der Waals surface area contributed by atoms with Crippen LogP contribution < -0.4 is 10.6 Å². The van der Waals surface area contributed by atoms with Crippen molar-refractivity contribution >= 4 is 11.7 Å². The summed E-state index contributed by atoms with van der Waals surface area (Å²) in [5.74, 6) is 1.01. The maximum absolute atomic E-state index is 11.9. The maximum Gasteiger partial charge on any atom is 0.224 e. The van der Waals surface area contributed by atoms with Crippen LogP contribution in [0, 0.1) is 0 Å². The molecule has 1 aliphatic rings. The number of hydrogen-bond donors (Lipinski definition) is 1. The van der Waals surface area contributed by atoms with Crippen LogP contribution in [-0.4, -0.2) is 53.0 Å². The highest BCUT2D eigenvalue weighted by molar-refractivity contribution is 5.77. The lowest BCUT2D eigenvalue weighted by Gasteiger charge is -2.35. The minimum absolute atomic E-state index is 0.0736. The normalized spacial score (nSPS) is 17.7. The third-order valence-corrected chi connectivity index (χ3v) is 3.00. The third-order valence-electron chi connectivity index (χ3n) is 3.00. The fourth-order valence-electron chi connectivity index (χ4n) is 2.04. The van der Waals surface area contributed by atoms with E-state index in [1.165, 1.54) is 0 Å². The van der Waals surface area contributed by atoms with Gasteiger partial charge in [-0.05, 0) is 6.92 Å². The van der Waals surface area contributed by atoms with Gasteiger partial charge >= 0.3 is 0 Å². The number of nitrogens with two attached hydrogens (primary N) is 1. The number of anilines is 1. The summed E-state index contributed by atoms with van der Waals surface area (Å²) >= 11 is 0. The Morgan fingerprint density at radius 1 is 1.39 bits per heavy atom. The van der Waals surface area contributed by atoms with E-state index < -0.39 is 0 Å². The number of piperazine rings is 1. The van der Waals surface area contributed by atoms with Crippen LogP contribution in [0.2, 0.25) is 0 Å². The lowest BCUT2D eigenvalue weighted by molar-refractivity contribution is -0.131. The molecule has 18 heavy (non-hydrogen) atoms. The number of nitrogens with zero attached hydrogens (tertiary/aromatic N) is 4. The molecule has 0 aromatic carbocycles. The topological polar surface area (TPSA) is 75.4 Å². The van der Waals surface area contributed by atoms with Crippen LogP contribution in [0.5, 0.6) is 0 Å². The van der Waals surface area contributed by atoms with Gasteiger partial charge in [0.05, 0.1) is 6.20 Å². The van der Waals surface area contributed by atoms with E-state index in [9.17, 15) is 4.79 Å². The molecule has 1 aromatic rings. The van der Waals surface area contributed by atoms with Gasteiger partial charge in [-0.25, -0.2) is 4.98 Å². The summed E-state index contributed by atoms with van der Waals surface area (Å²) in [6, 6.07) is -0.0736. The van der Waals surface area contributed by atoms with Crippen molar-refractivity contribution in [3.8, 4) is 0 Å². The second kappa shape index (κ2) is 5.77. The van der Waals surface area contributed by atoms with Crippen LogP contribution in [0.25, 0.3) is 0 Å². The maximum atomic E-state index is 11.9. The van der Waals surface area contributed by atoms with Crippen LogP contribution in [0.1, 0.15) is 13.3 Å². The van der Waals surface area contributed by atoms with Crippen molar-refractivity contribution in [2.45, 2.75) is 19.4 Å². The van der Waals surface area contributed by atoms with E-state index in [4.69, 9.17) is 5.73 Å². The Morgan fingerprint density at radius 2 is 2.11 bits per heavy atom. The molecular weight excluding hydrogens is 230 g/mol. The highest BCUT2D eigenvalue weighted by atomic mass is 16.2. The Balaban J connectivity index is 1.87. The average Bonchev–Trinajstić information content (AvgIpc) is 2.39. The highest BCUT2D eigenvalue weighted by Gasteiger charge is 2.22. The highest BCUT2D eigenvalue weighted by Crippen LogP contribution is 2.12. The second-order valence-electron chi connectivity index (χ2n) is 4.61. The van der Waals surface area contributed by atoms with Crippen molar-refractivity contribution in [2.75, 3.05) is 31.1 Å². The van der Waals surface area contributed by atoms with Crippen LogP contribution in [0.3, 0.4) is 0 Å². The van der Waals surface area contributed by atoms with E-state index in [1.807, 2.05) is 11.8 Å². The molecule has 98 valence electrons. The molecule has 1 aliphatic heterocycles. The number of carbonyl (C=O) groups excluding carboxylic acids is 1. The van der Waals surface area contributed by atoms with E-state index >= 15 is 0 Å². The monoisotopic (exact) mass is 249 g/mol. The molecule has 2 rings (SSSR count). The van der Waals surface area contributed by atoms with Crippen molar-refractivity contribution in [1.29, 1.82) is 0 Å². The number of amides is 1. The molecule has 0 aliphatic carbocycles. The van der Waals surface area contributed by atoms with Crippen molar-refractivity contribution in [3.63, 3.8) is 0 Å². The molecule has 1 fully saturated rings. The molecule has 6 nitrogen and oxygen atoms in total. The van der Waals surface area contributed by atoms with E-state index in [2.05, 4.69) is 14.9 Å². The number of rotatable bonds is 3. The predicted molar refractivity (Wildman–Crippen MR) is 69.1 cm³/mol. The molecule has 1 unspecified atom stereocenters. The molecular formula is C12H19N5O. The lowest BCUT2D eigenvalue weighted by Crippen LogP contribution is -2.49. The van der Waals surface area contributed by atoms with Crippen molar-refractivity contribution in [2.24, 2.45) is 5.73 Å². The summed E-state index contributed by atoms with van der Waals surface area (Å²) in [6.07, 6.45) is 5.51. The Morgan fingerprint density at radius 3 is 2.67 bits per heavy atom. The average molecular weight is 249 g/mol. The second-order valence-corrected chi connectivity index (χ2v) is 4.61. The molecule has 2 heterocycles. The van der Waals surface area contributed by atoms with Gasteiger partial charge in [0, 0.05) is 51.0 Å². The number of hydrogen-bond acceptors (Lipinski definition) is 5. The summed E-state index contributed by atoms with van der Waals surface area (Å²) < 4.78 is 0. The Kier molecular flexibility index (Phi) is 4.09. The van der Waals surface area contributed by atoms with Gasteiger partial charge in [0.15, 0.2) is 0 Å². The summed E-state index contributed by atoms with van der Waals surface area (Å²) in [6.45, 7) is 4.89. The predicted octanol–water partition coefficient (Wildman–Crippen LogP) is -0.137. The van der Waals surface area contributed by atoms with Gasteiger partial charge in [-0.1, -0.05) is 0 Å². The van der Waals surface area contributed by atoms with Crippen LogP contribution in [0.15, 0.2) is 18.6 Å². The van der Waals surface area contributed by atoms with Crippen molar-refractivity contribution in [1.82, 2.24) is 14.9 Å². The van der Waals surface area contributed by atoms with Gasteiger partial charge in [0.1, 0.15) is 5.82 Å². The van der Waals surface area contributed by atoms with Crippen LogP contribution in [-0.2, 0) is 4.79 Å². The summed E-state index contributed by atoms with van der Waals surface area (Å²) in [7, 11) is 0. The fourth-order valence-corrected chi connectivity index (χ4v) is 2.04. The minimum atomic E-state index is -0.0736. The van der Waals surface area contributed by atoms with Gasteiger partial charge in [-0.3, -0.25) is 9.78 Å². The summed E-state index contributed by atoms with van der Waals surface area (Å²) in [4.78, 5) is 24.2. The molecule has 1 amide bonds. The Hall–Kier alpha value is -1.69. The molecule has 2 N–H and O–H groups in total. The van der Waals surface area contributed by atoms with Crippen molar-refractivity contribution < 1.29 is 4.79 Å². The van der Waals surface area contributed by atoms with Gasteiger partial charge in [-0.15, -0.1) is 0 Å². The number of carbonyl (C=O) groups is 1. The summed E-state index contributed by atoms with van der Waals surface area (Å²) in [5, 5.41) is 0. The van der Waals surface area contributed by atoms with E-state index in [0.717, 1.165) is 32.0 Å². The van der Waals surface area contributed by atoms with Crippen LogP contribution >= 0.6 is 0 Å². The third kappa shape index (κ3) is 3.16. The zero-order chi connectivity index (χ0) is 13.0. The van der Waals surface area contributed by atoms with Crippen LogP contribution in [0.4, 0.5) is 5.82 Å². The first-order chi connectivity index (χ1) is 8.66. The lowest BCUT2D eigenvalue weighted by atomic mass is 10.2. The molecule has 6 heteroatoms. The van der Waals surface area contributed by atoms with Crippen molar-refractivity contribution in [3.05, 3.63) is 18.6 Å². The largest absolute Gasteiger partial charge is 0.352 e. The first-order valence-electron chi connectivity index (χ1n) is 6.21. The molecule has 0 bridgehead atoms. The molecule has 1 aromatic heterocycles. The molecule has 0 radical (unpaired) electrons. The van der Waals surface area contributed by atoms with E-state index in [0.29, 0.717) is 6.42 Å². The first kappa shape index (κ1) is 12.8. The fraction of sp³-hybridized carbons (Fsp3) is 0.583. The minimum Gasteiger partial charge on any atom is -0.352 e. The Labute approximate surface area is 107 Å². The molecule has 1 saturated heterocycles.